The molecule has 5 nitrogen and oxygen atoms in total. The van der Waals surface area contributed by atoms with Crippen LogP contribution in [-0.4, -0.2) is 27.5 Å². The van der Waals surface area contributed by atoms with Crippen molar-refractivity contribution in [1.29, 1.82) is 0 Å². The summed E-state index contributed by atoms with van der Waals surface area (Å²) in [7, 11) is 0. The first kappa shape index (κ1) is 16.9. The summed E-state index contributed by atoms with van der Waals surface area (Å²) in [5.41, 5.74) is 3.11. The summed E-state index contributed by atoms with van der Waals surface area (Å²) in [4.78, 5) is 28.0. The molecule has 0 N–H and O–H groups in total. The van der Waals surface area contributed by atoms with Gasteiger partial charge < -0.3 is 4.74 Å². The molecular formula is C20H20N2O3. The molecule has 0 radical (unpaired) electrons. The first-order chi connectivity index (χ1) is 11.8. The van der Waals surface area contributed by atoms with E-state index in [9.17, 15) is 9.59 Å². The highest BCUT2D eigenvalue weighted by molar-refractivity contribution is 6.01. The molecule has 25 heavy (non-hydrogen) atoms. The molecule has 0 aliphatic carbocycles. The number of hydrogen-bond donors (Lipinski definition) is 0. The lowest BCUT2D eigenvalue weighted by Crippen LogP contribution is -2.26. The minimum atomic E-state index is -0.573. The highest BCUT2D eigenvalue weighted by atomic mass is 16.6. The van der Waals surface area contributed by atoms with Crippen molar-refractivity contribution in [3.05, 3.63) is 54.0 Å². The van der Waals surface area contributed by atoms with Crippen LogP contribution in [0.3, 0.4) is 0 Å². The molecule has 3 aromatic rings. The third kappa shape index (κ3) is 3.31. The molecule has 0 aliphatic rings. The van der Waals surface area contributed by atoms with Crippen molar-refractivity contribution >= 4 is 23.3 Å². The summed E-state index contributed by atoms with van der Waals surface area (Å²) >= 11 is 0. The second kappa shape index (κ2) is 6.16. The summed E-state index contributed by atoms with van der Waals surface area (Å²) in [6.45, 7) is 7.42. The summed E-state index contributed by atoms with van der Waals surface area (Å²) < 4.78 is 6.94. The third-order valence-electron chi connectivity index (χ3n) is 3.78. The maximum atomic E-state index is 12.4. The molecule has 0 atom stereocenters. The van der Waals surface area contributed by atoms with Gasteiger partial charge in [0.2, 0.25) is 0 Å². The van der Waals surface area contributed by atoms with Crippen LogP contribution in [0.25, 0.3) is 22.0 Å². The van der Waals surface area contributed by atoms with Crippen LogP contribution in [0.1, 0.15) is 36.8 Å². The van der Waals surface area contributed by atoms with Crippen molar-refractivity contribution in [2.75, 3.05) is 0 Å². The number of hydrogen-bond acceptors (Lipinski definition) is 4. The van der Waals surface area contributed by atoms with E-state index in [-0.39, 0.29) is 0 Å². The zero-order valence-electron chi connectivity index (χ0n) is 14.7. The van der Waals surface area contributed by atoms with Gasteiger partial charge in [-0.05, 0) is 57.0 Å². The molecule has 5 heteroatoms. The van der Waals surface area contributed by atoms with E-state index in [1.165, 1.54) is 4.57 Å². The molecule has 0 saturated heterocycles. The summed E-state index contributed by atoms with van der Waals surface area (Å²) in [6, 6.07) is 9.41. The van der Waals surface area contributed by atoms with Crippen LogP contribution in [0.5, 0.6) is 0 Å². The second-order valence-electron chi connectivity index (χ2n) is 6.97. The van der Waals surface area contributed by atoms with E-state index in [1.54, 1.807) is 12.4 Å². The Balaban J connectivity index is 2.16. The number of carbonyl (C=O) groups is 2. The Morgan fingerprint density at radius 2 is 1.96 bits per heavy atom. The van der Waals surface area contributed by atoms with Crippen LogP contribution >= 0.6 is 0 Å². The first-order valence-electron chi connectivity index (χ1n) is 8.06. The van der Waals surface area contributed by atoms with Crippen LogP contribution in [0, 0.1) is 6.92 Å². The normalized spacial score (nSPS) is 11.5. The number of ether oxygens (including phenoxy) is 1. The van der Waals surface area contributed by atoms with Crippen LogP contribution < -0.4 is 0 Å². The van der Waals surface area contributed by atoms with Gasteiger partial charge in [0.25, 0.3) is 0 Å². The smallest absolute Gasteiger partial charge is 0.418 e. The van der Waals surface area contributed by atoms with Crippen molar-refractivity contribution in [2.24, 2.45) is 0 Å². The minimum Gasteiger partial charge on any atom is -0.443 e. The topological polar surface area (TPSA) is 61.2 Å². The van der Waals surface area contributed by atoms with Crippen molar-refractivity contribution in [1.82, 2.24) is 9.55 Å². The van der Waals surface area contributed by atoms with Crippen molar-refractivity contribution < 1.29 is 14.3 Å². The van der Waals surface area contributed by atoms with Crippen molar-refractivity contribution in [2.45, 2.75) is 33.3 Å². The lowest BCUT2D eigenvalue weighted by Gasteiger charge is -2.19. The number of fused-ring (bicyclic) bond motifs is 1. The van der Waals surface area contributed by atoms with E-state index in [2.05, 4.69) is 4.98 Å². The maximum absolute atomic E-state index is 12.4. The monoisotopic (exact) mass is 336 g/mol. The average molecular weight is 336 g/mol. The van der Waals surface area contributed by atoms with E-state index >= 15 is 0 Å². The summed E-state index contributed by atoms with van der Waals surface area (Å²) in [5.74, 6) is 0. The van der Waals surface area contributed by atoms with E-state index in [0.29, 0.717) is 5.69 Å². The predicted octanol–water partition coefficient (Wildman–Crippen LogP) is 4.61. The Labute approximate surface area is 146 Å². The zero-order valence-corrected chi connectivity index (χ0v) is 14.7. The minimum absolute atomic E-state index is 0.378. The highest BCUT2D eigenvalue weighted by Gasteiger charge is 2.20. The van der Waals surface area contributed by atoms with Gasteiger partial charge in [-0.1, -0.05) is 12.1 Å². The van der Waals surface area contributed by atoms with Crippen LogP contribution in [0.15, 0.2) is 42.7 Å². The van der Waals surface area contributed by atoms with Crippen molar-refractivity contribution in [3.63, 3.8) is 0 Å². The molecule has 0 unspecified atom stereocenters. The molecule has 0 bridgehead atoms. The van der Waals surface area contributed by atoms with Crippen LogP contribution in [0.4, 0.5) is 4.79 Å². The number of benzene rings is 1. The lowest BCUT2D eigenvalue weighted by molar-refractivity contribution is 0.0544. The molecule has 2 aromatic heterocycles. The Kier molecular flexibility index (Phi) is 4.17. The number of aromatic nitrogens is 2. The average Bonchev–Trinajstić information content (AvgIpc) is 2.97. The van der Waals surface area contributed by atoms with Crippen LogP contribution in [-0.2, 0) is 4.74 Å². The quantitative estimate of drug-likeness (QED) is 0.641. The van der Waals surface area contributed by atoms with Gasteiger partial charge >= 0.3 is 6.09 Å². The SMILES string of the molecule is Cc1cnc(C=O)c(-c2cccc3c2ccn3C(=O)OC(C)(C)C)c1. The van der Waals surface area contributed by atoms with Gasteiger partial charge in [0, 0.05) is 23.3 Å². The Morgan fingerprint density at radius 3 is 2.64 bits per heavy atom. The molecule has 1 aromatic carbocycles. The number of nitrogens with zero attached hydrogens (tertiary/aromatic N) is 2. The fourth-order valence-electron chi connectivity index (χ4n) is 2.76. The van der Waals surface area contributed by atoms with E-state index in [0.717, 1.165) is 33.9 Å². The van der Waals surface area contributed by atoms with Crippen molar-refractivity contribution in [3.8, 4) is 11.1 Å². The molecule has 3 rings (SSSR count). The van der Waals surface area contributed by atoms with Gasteiger partial charge in [-0.15, -0.1) is 0 Å². The predicted molar refractivity (Wildman–Crippen MR) is 96.9 cm³/mol. The fourth-order valence-corrected chi connectivity index (χ4v) is 2.76. The van der Waals surface area contributed by atoms with E-state index < -0.39 is 11.7 Å². The third-order valence-corrected chi connectivity index (χ3v) is 3.78. The van der Waals surface area contributed by atoms with E-state index in [4.69, 9.17) is 4.74 Å². The summed E-state index contributed by atoms with van der Waals surface area (Å²) in [5, 5.41) is 0.865. The fraction of sp³-hybridized carbons (Fsp3) is 0.250. The standard InChI is InChI=1S/C20H20N2O3/c1-13-10-16(17(12-23)21-11-13)14-6-5-7-18-15(14)8-9-22(18)19(24)25-20(2,3)4/h5-12H,1-4H3. The van der Waals surface area contributed by atoms with Gasteiger partial charge in [-0.25, -0.2) is 4.79 Å². The lowest BCUT2D eigenvalue weighted by atomic mass is 9.99. The Morgan fingerprint density at radius 1 is 1.20 bits per heavy atom. The summed E-state index contributed by atoms with van der Waals surface area (Å²) in [6.07, 6.45) is 3.67. The molecule has 128 valence electrons. The molecule has 0 aliphatic heterocycles. The molecule has 0 fully saturated rings. The largest absolute Gasteiger partial charge is 0.443 e. The number of aryl methyl sites for hydroxylation is 1. The van der Waals surface area contributed by atoms with Crippen LogP contribution in [0.2, 0.25) is 0 Å². The van der Waals surface area contributed by atoms with Gasteiger partial charge in [-0.2, -0.15) is 0 Å². The molecule has 2 heterocycles. The molecule has 0 amide bonds. The van der Waals surface area contributed by atoms with Gasteiger partial charge in [0.05, 0.1) is 5.52 Å². The van der Waals surface area contributed by atoms with Gasteiger partial charge in [0.15, 0.2) is 6.29 Å². The van der Waals surface area contributed by atoms with Gasteiger partial charge in [0.1, 0.15) is 11.3 Å². The molecule has 0 spiro atoms. The number of carbonyl (C=O) groups excluding carboxylic acids is 2. The number of aldehydes is 1. The van der Waals surface area contributed by atoms with Gasteiger partial charge in [-0.3, -0.25) is 14.3 Å². The highest BCUT2D eigenvalue weighted by Crippen LogP contribution is 2.31. The molecular weight excluding hydrogens is 316 g/mol. The second-order valence-corrected chi connectivity index (χ2v) is 6.97. The Bertz CT molecular complexity index is 965. The first-order valence-corrected chi connectivity index (χ1v) is 8.06. The Hall–Kier alpha value is -2.95. The molecule has 0 saturated carbocycles. The number of pyridine rings is 1. The van der Waals surface area contributed by atoms with E-state index in [1.807, 2.05) is 58.0 Å². The number of rotatable bonds is 2. The maximum Gasteiger partial charge on any atom is 0.418 e. The zero-order chi connectivity index (χ0) is 18.2.